The van der Waals surface area contributed by atoms with Crippen molar-refractivity contribution in [2.45, 2.75) is 22.1 Å². The van der Waals surface area contributed by atoms with Crippen LogP contribution in [0.15, 0.2) is 137 Å². The Morgan fingerprint density at radius 1 is 0.541 bits per heavy atom. The molecule has 0 fully saturated rings. The zero-order valence-electron chi connectivity index (χ0n) is 20.8. The molecule has 0 aromatic heterocycles. The van der Waals surface area contributed by atoms with Gasteiger partial charge in [0.15, 0.2) is 0 Å². The van der Waals surface area contributed by atoms with Crippen molar-refractivity contribution in [3.05, 3.63) is 144 Å². The van der Waals surface area contributed by atoms with Gasteiger partial charge in [0.1, 0.15) is 0 Å². The molecule has 182 valence electrons. The fraction of sp³-hybridized carbons (Fsp3) is 0.0909. The highest BCUT2D eigenvalue weighted by atomic mass is 32.2. The topological polar surface area (TPSA) is 37.4 Å². The molecule has 0 radical (unpaired) electrons. The number of anilines is 2. The predicted molar refractivity (Wildman–Crippen MR) is 150 cm³/mol. The number of rotatable bonds is 4. The van der Waals surface area contributed by atoms with E-state index in [1.54, 1.807) is 18.2 Å². The van der Waals surface area contributed by atoms with Crippen molar-refractivity contribution in [2.24, 2.45) is 0 Å². The molecule has 0 atom stereocenters. The zero-order chi connectivity index (χ0) is 25.6. The van der Waals surface area contributed by atoms with Gasteiger partial charge in [-0.25, -0.2) is 8.42 Å². The van der Waals surface area contributed by atoms with Crippen LogP contribution in [-0.4, -0.2) is 15.5 Å². The van der Waals surface area contributed by atoms with Gasteiger partial charge in [-0.3, -0.25) is 0 Å². The minimum absolute atomic E-state index is 0.340. The molecule has 3 nitrogen and oxygen atoms in total. The summed E-state index contributed by atoms with van der Waals surface area (Å²) in [5, 5.41) is 0. The molecule has 0 N–H and O–H groups in total. The molecule has 1 aliphatic rings. The van der Waals surface area contributed by atoms with E-state index in [9.17, 15) is 8.42 Å². The van der Waals surface area contributed by atoms with Crippen molar-refractivity contribution in [3.8, 4) is 11.1 Å². The quantitative estimate of drug-likeness (QED) is 0.238. The largest absolute Gasteiger partial charge is 0.342 e. The van der Waals surface area contributed by atoms with Crippen LogP contribution in [0.1, 0.15) is 23.6 Å². The van der Waals surface area contributed by atoms with Crippen LogP contribution in [0.5, 0.6) is 0 Å². The lowest BCUT2D eigenvalue weighted by Gasteiger charge is -2.32. The molecule has 0 aliphatic carbocycles. The molecule has 6 rings (SSSR count). The molecule has 5 aromatic rings. The number of para-hydroxylation sites is 1. The Hall–Kier alpha value is -4.15. The van der Waals surface area contributed by atoms with Crippen molar-refractivity contribution in [1.29, 1.82) is 0 Å². The highest BCUT2D eigenvalue weighted by Gasteiger charge is 2.33. The summed E-state index contributed by atoms with van der Waals surface area (Å²) in [4.78, 5) is 2.66. The molecule has 5 aromatic carbocycles. The van der Waals surface area contributed by atoms with E-state index >= 15 is 0 Å². The Morgan fingerprint density at radius 2 is 1.08 bits per heavy atom. The second-order valence-corrected chi connectivity index (χ2v) is 11.5. The van der Waals surface area contributed by atoms with E-state index in [0.29, 0.717) is 21.2 Å². The molecule has 4 heteroatoms. The van der Waals surface area contributed by atoms with Gasteiger partial charge >= 0.3 is 0 Å². The van der Waals surface area contributed by atoms with E-state index < -0.39 is 9.84 Å². The molecular weight excluding hydrogens is 474 g/mol. The molecule has 0 spiro atoms. The highest BCUT2D eigenvalue weighted by molar-refractivity contribution is 7.92. The van der Waals surface area contributed by atoms with Crippen molar-refractivity contribution < 1.29 is 8.42 Å². The Balaban J connectivity index is 1.50. The van der Waals surface area contributed by atoms with Gasteiger partial charge in [-0.05, 0) is 65.1 Å². The van der Waals surface area contributed by atoms with Crippen molar-refractivity contribution in [1.82, 2.24) is 0 Å². The number of sulfone groups is 1. The fourth-order valence-corrected chi connectivity index (χ4v) is 7.14. The number of hydrogen-bond donors (Lipinski definition) is 0. The van der Waals surface area contributed by atoms with Gasteiger partial charge in [-0.15, -0.1) is 0 Å². The number of benzene rings is 5. The summed E-state index contributed by atoms with van der Waals surface area (Å²) in [6.45, 7) is 2.26. The van der Waals surface area contributed by atoms with Gasteiger partial charge in [0, 0.05) is 12.5 Å². The molecule has 1 aliphatic heterocycles. The van der Waals surface area contributed by atoms with Crippen LogP contribution in [0.3, 0.4) is 0 Å². The van der Waals surface area contributed by atoms with Crippen molar-refractivity contribution in [2.75, 3.05) is 11.9 Å². The molecule has 0 amide bonds. The second-order valence-electron chi connectivity index (χ2n) is 9.65. The maximum Gasteiger partial charge on any atom is 0.210 e. The monoisotopic (exact) mass is 501 g/mol. The van der Waals surface area contributed by atoms with Crippen LogP contribution in [0.2, 0.25) is 0 Å². The van der Waals surface area contributed by atoms with E-state index in [1.807, 2.05) is 48.3 Å². The summed E-state index contributed by atoms with van der Waals surface area (Å²) in [6, 6.07) is 42.5. The minimum atomic E-state index is -3.58. The first-order chi connectivity index (χ1) is 17.9. The van der Waals surface area contributed by atoms with Gasteiger partial charge < -0.3 is 4.90 Å². The first-order valence-corrected chi connectivity index (χ1v) is 13.8. The third-order valence-corrected chi connectivity index (χ3v) is 9.45. The SMILES string of the molecule is CN1c2ccccc2S(=O)(=O)c2ccc(-c3cccc(C(C)(c4ccccc4)c4ccccc4)c3)cc21. The number of nitrogens with zero attached hydrogens (tertiary/aromatic N) is 1. The van der Waals surface area contributed by atoms with Crippen LogP contribution in [0, 0.1) is 0 Å². The minimum Gasteiger partial charge on any atom is -0.342 e. The van der Waals surface area contributed by atoms with E-state index in [1.165, 1.54) is 16.7 Å². The van der Waals surface area contributed by atoms with Crippen LogP contribution >= 0.6 is 0 Å². The molecule has 0 unspecified atom stereocenters. The van der Waals surface area contributed by atoms with Gasteiger partial charge in [0.25, 0.3) is 0 Å². The predicted octanol–water partition coefficient (Wildman–Crippen LogP) is 7.62. The molecule has 1 heterocycles. The van der Waals surface area contributed by atoms with Gasteiger partial charge in [-0.2, -0.15) is 0 Å². The van der Waals surface area contributed by atoms with E-state index in [0.717, 1.165) is 11.1 Å². The number of fused-ring (bicyclic) bond motifs is 2. The lowest BCUT2D eigenvalue weighted by molar-refractivity contribution is 0.594. The summed E-state index contributed by atoms with van der Waals surface area (Å²) in [7, 11) is -1.65. The van der Waals surface area contributed by atoms with E-state index in [4.69, 9.17) is 0 Å². The summed E-state index contributed by atoms with van der Waals surface area (Å²) >= 11 is 0. The van der Waals surface area contributed by atoms with Crippen LogP contribution in [0.4, 0.5) is 11.4 Å². The van der Waals surface area contributed by atoms with E-state index in [2.05, 4.69) is 79.7 Å². The highest BCUT2D eigenvalue weighted by Crippen LogP contribution is 2.45. The summed E-state index contributed by atoms with van der Waals surface area (Å²) in [5.74, 6) is 0. The molecule has 37 heavy (non-hydrogen) atoms. The second kappa shape index (κ2) is 8.75. The average molecular weight is 502 g/mol. The lowest BCUT2D eigenvalue weighted by atomic mass is 9.70. The van der Waals surface area contributed by atoms with Gasteiger partial charge in [0.2, 0.25) is 9.84 Å². The fourth-order valence-electron chi connectivity index (χ4n) is 5.45. The molecule has 0 bridgehead atoms. The first kappa shape index (κ1) is 23.3. The van der Waals surface area contributed by atoms with Gasteiger partial charge in [0.05, 0.1) is 21.2 Å². The third-order valence-electron chi connectivity index (χ3n) is 7.60. The summed E-state index contributed by atoms with van der Waals surface area (Å²) < 4.78 is 26.7. The smallest absolute Gasteiger partial charge is 0.210 e. The third kappa shape index (κ3) is 3.68. The van der Waals surface area contributed by atoms with Crippen molar-refractivity contribution in [3.63, 3.8) is 0 Å². The van der Waals surface area contributed by atoms with Crippen LogP contribution < -0.4 is 4.90 Å². The van der Waals surface area contributed by atoms with E-state index in [-0.39, 0.29) is 5.41 Å². The lowest BCUT2D eigenvalue weighted by Crippen LogP contribution is -2.25. The average Bonchev–Trinajstić information content (AvgIpc) is 2.96. The van der Waals surface area contributed by atoms with Gasteiger partial charge in [-0.1, -0.05) is 97.1 Å². The molecule has 0 saturated heterocycles. The normalized spacial score (nSPS) is 14.1. The summed E-state index contributed by atoms with van der Waals surface area (Å²) in [6.07, 6.45) is 0. The number of hydrogen-bond acceptors (Lipinski definition) is 3. The Morgan fingerprint density at radius 3 is 1.76 bits per heavy atom. The maximum atomic E-state index is 13.4. The zero-order valence-corrected chi connectivity index (χ0v) is 21.6. The maximum absolute atomic E-state index is 13.4. The Kier molecular flexibility index (Phi) is 5.50. The molecular formula is C33H27NO2S. The Bertz CT molecular complexity index is 1670. The van der Waals surface area contributed by atoms with Crippen LogP contribution in [-0.2, 0) is 15.3 Å². The Labute approximate surface area is 218 Å². The van der Waals surface area contributed by atoms with Crippen LogP contribution in [0.25, 0.3) is 11.1 Å². The first-order valence-electron chi connectivity index (χ1n) is 12.3. The standard InChI is InChI=1S/C33H27NO2S/c1-33(26-13-5-3-6-14-26,27-15-7-4-8-16-27)28-17-11-12-24(22-28)25-20-21-32-30(23-25)34(2)29-18-9-10-19-31(29)37(32,35)36/h3-23H,1-2H3. The van der Waals surface area contributed by atoms with Crippen molar-refractivity contribution >= 4 is 21.2 Å². The molecule has 0 saturated carbocycles. The summed E-state index contributed by atoms with van der Waals surface area (Å²) in [5.41, 5.74) is 6.65.